The molecule has 0 fully saturated rings. The number of aryl methyl sites for hydroxylation is 1. The minimum absolute atomic E-state index is 0.124. The molecule has 0 heterocycles. The summed E-state index contributed by atoms with van der Waals surface area (Å²) in [5.41, 5.74) is 8.11. The fourth-order valence-electron chi connectivity index (χ4n) is 1.38. The smallest absolute Gasteiger partial charge is 0.133 e. The molecule has 0 aliphatic rings. The highest BCUT2D eigenvalue weighted by atomic mass is 79.9. The Labute approximate surface area is 91.7 Å². The van der Waals surface area contributed by atoms with E-state index in [0.717, 1.165) is 11.1 Å². The predicted molar refractivity (Wildman–Crippen MR) is 59.3 cm³/mol. The first-order chi connectivity index (χ1) is 6.49. The lowest BCUT2D eigenvalue weighted by molar-refractivity contribution is 0.267. The van der Waals surface area contributed by atoms with Crippen LogP contribution in [0.15, 0.2) is 10.5 Å². The molecule has 3 nitrogen and oxygen atoms in total. The van der Waals surface area contributed by atoms with Gasteiger partial charge in [-0.15, -0.1) is 0 Å². The number of aliphatic hydroxyl groups is 1. The number of halogens is 1. The van der Waals surface area contributed by atoms with Crippen LogP contribution >= 0.6 is 15.9 Å². The second-order valence-electron chi connectivity index (χ2n) is 3.36. The summed E-state index contributed by atoms with van der Waals surface area (Å²) in [6.07, 6.45) is 0. The van der Waals surface area contributed by atoms with Gasteiger partial charge in [-0.3, -0.25) is 0 Å². The summed E-state index contributed by atoms with van der Waals surface area (Å²) in [5.74, 6) is 0.198. The predicted octanol–water partition coefficient (Wildman–Crippen LogP) is 1.76. The van der Waals surface area contributed by atoms with Gasteiger partial charge in [0.05, 0.1) is 17.1 Å². The second kappa shape index (κ2) is 4.29. The van der Waals surface area contributed by atoms with Crippen molar-refractivity contribution in [3.8, 4) is 5.75 Å². The molecule has 0 aliphatic carbocycles. The van der Waals surface area contributed by atoms with Gasteiger partial charge < -0.3 is 15.9 Å². The molecule has 1 rings (SSSR count). The molecule has 0 spiro atoms. The van der Waals surface area contributed by atoms with Gasteiger partial charge in [-0.25, -0.2) is 0 Å². The Morgan fingerprint density at radius 1 is 1.50 bits per heavy atom. The summed E-state index contributed by atoms with van der Waals surface area (Å²) in [4.78, 5) is 0. The number of phenols is 1. The first-order valence-corrected chi connectivity index (χ1v) is 5.13. The van der Waals surface area contributed by atoms with Crippen LogP contribution in [0.1, 0.15) is 22.7 Å². The van der Waals surface area contributed by atoms with Gasteiger partial charge in [0.25, 0.3) is 0 Å². The number of hydrogen-bond donors (Lipinski definition) is 3. The van der Waals surface area contributed by atoms with Gasteiger partial charge in [-0.05, 0) is 46.5 Å². The van der Waals surface area contributed by atoms with Gasteiger partial charge in [0.1, 0.15) is 5.75 Å². The van der Waals surface area contributed by atoms with Crippen molar-refractivity contribution in [3.63, 3.8) is 0 Å². The SMILES string of the molecule is Cc1cc(C(N)CO)c(C)c(O)c1Br. The van der Waals surface area contributed by atoms with Gasteiger partial charge in [0.2, 0.25) is 0 Å². The summed E-state index contributed by atoms with van der Waals surface area (Å²) in [5, 5.41) is 18.7. The zero-order valence-corrected chi connectivity index (χ0v) is 9.80. The van der Waals surface area contributed by atoms with E-state index >= 15 is 0 Å². The largest absolute Gasteiger partial charge is 0.506 e. The first-order valence-electron chi connectivity index (χ1n) is 4.34. The number of benzene rings is 1. The maximum Gasteiger partial charge on any atom is 0.133 e. The van der Waals surface area contributed by atoms with E-state index in [4.69, 9.17) is 10.8 Å². The van der Waals surface area contributed by atoms with E-state index in [-0.39, 0.29) is 12.4 Å². The average Bonchev–Trinajstić information content (AvgIpc) is 2.19. The number of phenolic OH excluding ortho intramolecular Hbond substituents is 1. The van der Waals surface area contributed by atoms with E-state index in [2.05, 4.69) is 15.9 Å². The molecule has 0 aromatic heterocycles. The van der Waals surface area contributed by atoms with Crippen LogP contribution in [0.4, 0.5) is 0 Å². The molecular weight excluding hydrogens is 246 g/mol. The number of aliphatic hydroxyl groups excluding tert-OH is 1. The molecule has 4 heteroatoms. The van der Waals surface area contributed by atoms with E-state index in [1.807, 2.05) is 13.0 Å². The number of nitrogens with two attached hydrogens (primary N) is 1. The Morgan fingerprint density at radius 2 is 2.07 bits per heavy atom. The molecule has 1 unspecified atom stereocenters. The Kier molecular flexibility index (Phi) is 3.53. The molecule has 0 amide bonds. The van der Waals surface area contributed by atoms with Crippen LogP contribution in [0.2, 0.25) is 0 Å². The van der Waals surface area contributed by atoms with Gasteiger partial charge in [0.15, 0.2) is 0 Å². The Balaban J connectivity index is 3.33. The Bertz CT molecular complexity index is 352. The molecule has 1 aromatic rings. The third-order valence-corrected chi connectivity index (χ3v) is 3.31. The normalized spacial score (nSPS) is 12.9. The van der Waals surface area contributed by atoms with Crippen LogP contribution < -0.4 is 5.73 Å². The van der Waals surface area contributed by atoms with Crippen molar-refractivity contribution in [2.75, 3.05) is 6.61 Å². The number of rotatable bonds is 2. The Morgan fingerprint density at radius 3 is 2.57 bits per heavy atom. The minimum atomic E-state index is -0.437. The van der Waals surface area contributed by atoms with Crippen molar-refractivity contribution in [1.82, 2.24) is 0 Å². The van der Waals surface area contributed by atoms with Crippen LogP contribution in [-0.2, 0) is 0 Å². The summed E-state index contributed by atoms with van der Waals surface area (Å²) in [6.45, 7) is 3.53. The topological polar surface area (TPSA) is 66.5 Å². The van der Waals surface area contributed by atoms with Crippen molar-refractivity contribution in [2.45, 2.75) is 19.9 Å². The maximum absolute atomic E-state index is 9.73. The van der Waals surface area contributed by atoms with E-state index in [0.29, 0.717) is 10.0 Å². The fourth-order valence-corrected chi connectivity index (χ4v) is 1.79. The van der Waals surface area contributed by atoms with Gasteiger partial charge >= 0.3 is 0 Å². The zero-order chi connectivity index (χ0) is 10.9. The summed E-state index contributed by atoms with van der Waals surface area (Å²) < 4.78 is 0.684. The van der Waals surface area contributed by atoms with E-state index in [1.54, 1.807) is 6.92 Å². The van der Waals surface area contributed by atoms with Gasteiger partial charge in [-0.1, -0.05) is 6.07 Å². The maximum atomic E-state index is 9.73. The zero-order valence-electron chi connectivity index (χ0n) is 8.21. The lowest BCUT2D eigenvalue weighted by atomic mass is 9.99. The van der Waals surface area contributed by atoms with Crippen molar-refractivity contribution in [2.24, 2.45) is 5.73 Å². The highest BCUT2D eigenvalue weighted by Gasteiger charge is 2.14. The Hall–Kier alpha value is -0.580. The lowest BCUT2D eigenvalue weighted by Gasteiger charge is -2.15. The highest BCUT2D eigenvalue weighted by Crippen LogP contribution is 2.34. The molecule has 0 bridgehead atoms. The average molecular weight is 260 g/mol. The third kappa shape index (κ3) is 1.92. The van der Waals surface area contributed by atoms with Crippen LogP contribution in [0, 0.1) is 13.8 Å². The van der Waals surface area contributed by atoms with E-state index < -0.39 is 6.04 Å². The highest BCUT2D eigenvalue weighted by molar-refractivity contribution is 9.10. The summed E-state index contributed by atoms with van der Waals surface area (Å²) in [6, 6.07) is 1.44. The quantitative estimate of drug-likeness (QED) is 0.759. The molecule has 4 N–H and O–H groups in total. The van der Waals surface area contributed by atoms with Gasteiger partial charge in [-0.2, -0.15) is 0 Å². The van der Waals surface area contributed by atoms with Gasteiger partial charge in [0, 0.05) is 0 Å². The summed E-state index contributed by atoms with van der Waals surface area (Å²) >= 11 is 3.28. The second-order valence-corrected chi connectivity index (χ2v) is 4.15. The van der Waals surface area contributed by atoms with Crippen LogP contribution in [-0.4, -0.2) is 16.8 Å². The molecule has 1 atom stereocenters. The number of hydrogen-bond acceptors (Lipinski definition) is 3. The monoisotopic (exact) mass is 259 g/mol. The van der Waals surface area contributed by atoms with Crippen molar-refractivity contribution in [1.29, 1.82) is 0 Å². The van der Waals surface area contributed by atoms with Crippen LogP contribution in [0.5, 0.6) is 5.75 Å². The molecule has 78 valence electrons. The molecular formula is C10H14BrNO2. The third-order valence-electron chi connectivity index (χ3n) is 2.31. The first kappa shape index (κ1) is 11.5. The minimum Gasteiger partial charge on any atom is -0.506 e. The molecule has 0 radical (unpaired) electrons. The molecule has 1 aromatic carbocycles. The lowest BCUT2D eigenvalue weighted by Crippen LogP contribution is -2.16. The van der Waals surface area contributed by atoms with Crippen LogP contribution in [0.25, 0.3) is 0 Å². The van der Waals surface area contributed by atoms with Crippen molar-refractivity contribution < 1.29 is 10.2 Å². The fraction of sp³-hybridized carbons (Fsp3) is 0.400. The molecule has 0 aliphatic heterocycles. The molecule has 0 saturated carbocycles. The molecule has 0 saturated heterocycles. The van der Waals surface area contributed by atoms with Crippen LogP contribution in [0.3, 0.4) is 0 Å². The van der Waals surface area contributed by atoms with E-state index in [1.165, 1.54) is 0 Å². The summed E-state index contributed by atoms with van der Waals surface area (Å²) in [7, 11) is 0. The van der Waals surface area contributed by atoms with Crippen molar-refractivity contribution in [3.05, 3.63) is 27.2 Å². The number of aromatic hydroxyl groups is 1. The van der Waals surface area contributed by atoms with Crippen molar-refractivity contribution >= 4 is 15.9 Å². The standard InChI is InChI=1S/C10H14BrNO2/c1-5-3-7(8(12)4-13)6(2)10(14)9(5)11/h3,8,13-14H,4,12H2,1-2H3. The van der Waals surface area contributed by atoms with E-state index in [9.17, 15) is 5.11 Å². The molecule has 14 heavy (non-hydrogen) atoms.